The highest BCUT2D eigenvalue weighted by Gasteiger charge is 2.11. The van der Waals surface area contributed by atoms with Gasteiger partial charge in [-0.2, -0.15) is 0 Å². The fraction of sp³-hybridized carbons (Fsp3) is 0.286. The first kappa shape index (κ1) is 11.3. The van der Waals surface area contributed by atoms with E-state index < -0.39 is 0 Å². The largest absolute Gasteiger partial charge is 0.394 e. The molecule has 1 aromatic heterocycles. The summed E-state index contributed by atoms with van der Waals surface area (Å²) in [7, 11) is 0. The first-order valence-corrected chi connectivity index (χ1v) is 5.35. The summed E-state index contributed by atoms with van der Waals surface area (Å²) in [5, 5.41) is 9.25. The number of aliphatic imine (C=N–C) groups is 1. The van der Waals surface area contributed by atoms with E-state index in [1.54, 1.807) is 6.21 Å². The summed E-state index contributed by atoms with van der Waals surface area (Å²) in [6, 6.07) is 0. The molecule has 2 nitrogen and oxygen atoms in total. The van der Waals surface area contributed by atoms with Gasteiger partial charge >= 0.3 is 0 Å². The Morgan fingerprint density at radius 2 is 2.00 bits per heavy atom. The van der Waals surface area contributed by atoms with Crippen LogP contribution in [0.4, 0.5) is 0 Å². The first-order chi connectivity index (χ1) is 6.16. The van der Waals surface area contributed by atoms with E-state index in [0.717, 1.165) is 0 Å². The molecule has 0 unspecified atom stereocenters. The van der Waals surface area contributed by atoms with E-state index in [1.807, 2.05) is 0 Å². The molecule has 0 spiro atoms. The standard InChI is InChI=1S/C7H6Cl3NOS/c8-5-4(3-11-1-2-12)13-7(10)6(5)9/h3,12H,1-2H2. The van der Waals surface area contributed by atoms with Crippen LogP contribution in [-0.2, 0) is 0 Å². The molecule has 1 rings (SSSR count). The number of rotatable bonds is 3. The molecule has 13 heavy (non-hydrogen) atoms. The summed E-state index contributed by atoms with van der Waals surface area (Å²) in [5.74, 6) is 0. The molecule has 6 heteroatoms. The summed E-state index contributed by atoms with van der Waals surface area (Å²) in [6.07, 6.45) is 1.56. The van der Waals surface area contributed by atoms with E-state index in [-0.39, 0.29) is 6.61 Å². The highest BCUT2D eigenvalue weighted by Crippen LogP contribution is 2.39. The number of halogens is 3. The minimum absolute atomic E-state index is 0.0148. The van der Waals surface area contributed by atoms with Crippen LogP contribution in [0.15, 0.2) is 4.99 Å². The zero-order chi connectivity index (χ0) is 9.84. The van der Waals surface area contributed by atoms with Gasteiger partial charge in [-0.1, -0.05) is 34.8 Å². The van der Waals surface area contributed by atoms with Crippen LogP contribution in [-0.4, -0.2) is 24.5 Å². The molecule has 0 saturated heterocycles. The minimum Gasteiger partial charge on any atom is -0.394 e. The van der Waals surface area contributed by atoms with E-state index in [2.05, 4.69) is 4.99 Å². The molecule has 72 valence electrons. The number of aliphatic hydroxyl groups is 1. The average Bonchev–Trinajstić information content (AvgIpc) is 2.34. The van der Waals surface area contributed by atoms with Crippen LogP contribution in [0.1, 0.15) is 4.88 Å². The quantitative estimate of drug-likeness (QED) is 0.830. The van der Waals surface area contributed by atoms with Crippen LogP contribution in [0.5, 0.6) is 0 Å². The lowest BCUT2D eigenvalue weighted by Gasteiger charge is -1.87. The summed E-state index contributed by atoms with van der Waals surface area (Å²) < 4.78 is 0.456. The number of nitrogens with zero attached hydrogens (tertiary/aromatic N) is 1. The lowest BCUT2D eigenvalue weighted by Crippen LogP contribution is -1.87. The zero-order valence-electron chi connectivity index (χ0n) is 6.43. The van der Waals surface area contributed by atoms with Crippen molar-refractivity contribution in [1.82, 2.24) is 0 Å². The monoisotopic (exact) mass is 257 g/mol. The number of hydrogen-bond acceptors (Lipinski definition) is 3. The highest BCUT2D eigenvalue weighted by molar-refractivity contribution is 7.19. The summed E-state index contributed by atoms with van der Waals surface area (Å²) in [6.45, 7) is 0.366. The van der Waals surface area contributed by atoms with Gasteiger partial charge in [0.05, 0.1) is 28.1 Å². The van der Waals surface area contributed by atoms with Crippen LogP contribution in [0.2, 0.25) is 14.4 Å². The Bertz CT molecular complexity index is 324. The van der Waals surface area contributed by atoms with Crippen LogP contribution in [0.25, 0.3) is 0 Å². The van der Waals surface area contributed by atoms with Gasteiger partial charge in [0.15, 0.2) is 0 Å². The second kappa shape index (κ2) is 5.17. The molecule has 1 heterocycles. The molecule has 0 bridgehead atoms. The van der Waals surface area contributed by atoms with Gasteiger partial charge in [-0.3, -0.25) is 4.99 Å². The maximum atomic E-state index is 8.48. The van der Waals surface area contributed by atoms with Crippen LogP contribution < -0.4 is 0 Å². The lowest BCUT2D eigenvalue weighted by molar-refractivity contribution is 0.307. The van der Waals surface area contributed by atoms with Gasteiger partial charge in [0, 0.05) is 6.21 Å². The third-order valence-corrected chi connectivity index (χ3v) is 3.74. The van der Waals surface area contributed by atoms with Crippen molar-refractivity contribution in [3.63, 3.8) is 0 Å². The van der Waals surface area contributed by atoms with E-state index >= 15 is 0 Å². The Balaban J connectivity index is 2.83. The lowest BCUT2D eigenvalue weighted by atomic mass is 10.5. The topological polar surface area (TPSA) is 32.6 Å². The normalized spacial score (nSPS) is 11.4. The highest BCUT2D eigenvalue weighted by atomic mass is 35.5. The van der Waals surface area contributed by atoms with E-state index in [1.165, 1.54) is 11.3 Å². The van der Waals surface area contributed by atoms with Crippen molar-refractivity contribution in [2.45, 2.75) is 0 Å². The van der Waals surface area contributed by atoms with Crippen molar-refractivity contribution in [3.8, 4) is 0 Å². The van der Waals surface area contributed by atoms with Crippen molar-refractivity contribution in [1.29, 1.82) is 0 Å². The Hall–Kier alpha value is 0.200. The van der Waals surface area contributed by atoms with E-state index in [0.29, 0.717) is 25.8 Å². The summed E-state index contributed by atoms with van der Waals surface area (Å²) in [5.41, 5.74) is 0. The maximum absolute atomic E-state index is 8.48. The van der Waals surface area contributed by atoms with Gasteiger partial charge in [0.1, 0.15) is 4.34 Å². The molecule has 0 amide bonds. The van der Waals surface area contributed by atoms with Crippen LogP contribution in [0, 0.1) is 0 Å². The number of hydrogen-bond donors (Lipinski definition) is 1. The van der Waals surface area contributed by atoms with Gasteiger partial charge in [-0.25, -0.2) is 0 Å². The maximum Gasteiger partial charge on any atom is 0.114 e. The molecule has 1 aromatic rings. The molecule has 1 N–H and O–H groups in total. The Morgan fingerprint density at radius 3 is 2.46 bits per heavy atom. The molecule has 0 aliphatic heterocycles. The van der Waals surface area contributed by atoms with Crippen molar-refractivity contribution >= 4 is 52.4 Å². The Kier molecular flexibility index (Phi) is 4.49. The molecule has 0 fully saturated rings. The number of thiophene rings is 1. The SMILES string of the molecule is OCCN=Cc1sc(Cl)c(Cl)c1Cl. The van der Waals surface area contributed by atoms with Crippen molar-refractivity contribution in [2.75, 3.05) is 13.2 Å². The third kappa shape index (κ3) is 2.82. The fourth-order valence-electron chi connectivity index (χ4n) is 0.669. The molecule has 0 radical (unpaired) electrons. The van der Waals surface area contributed by atoms with Gasteiger partial charge in [0.2, 0.25) is 0 Å². The van der Waals surface area contributed by atoms with Crippen molar-refractivity contribution in [2.24, 2.45) is 4.99 Å². The molecule has 0 atom stereocenters. The number of aliphatic hydroxyl groups excluding tert-OH is 1. The second-order valence-electron chi connectivity index (χ2n) is 2.13. The summed E-state index contributed by atoms with van der Waals surface area (Å²) >= 11 is 18.6. The zero-order valence-corrected chi connectivity index (χ0v) is 9.51. The minimum atomic E-state index is 0.0148. The predicted octanol–water partition coefficient (Wildman–Crippen LogP) is 3.12. The first-order valence-electron chi connectivity index (χ1n) is 3.40. The van der Waals surface area contributed by atoms with Crippen LogP contribution >= 0.6 is 46.1 Å². The van der Waals surface area contributed by atoms with Crippen molar-refractivity contribution in [3.05, 3.63) is 19.3 Å². The summed E-state index contributed by atoms with van der Waals surface area (Å²) in [4.78, 5) is 4.62. The molecule has 0 aromatic carbocycles. The third-order valence-electron chi connectivity index (χ3n) is 1.22. The van der Waals surface area contributed by atoms with Gasteiger partial charge in [-0.05, 0) is 0 Å². The average molecular weight is 259 g/mol. The second-order valence-corrected chi connectivity index (χ2v) is 4.54. The fourth-order valence-corrected chi connectivity index (χ4v) is 2.35. The molecule has 0 aliphatic rings. The van der Waals surface area contributed by atoms with E-state index in [4.69, 9.17) is 39.9 Å². The van der Waals surface area contributed by atoms with Crippen molar-refractivity contribution < 1.29 is 5.11 Å². The molecule has 0 aliphatic carbocycles. The smallest absolute Gasteiger partial charge is 0.114 e. The van der Waals surface area contributed by atoms with Crippen LogP contribution in [0.3, 0.4) is 0 Å². The van der Waals surface area contributed by atoms with E-state index in [9.17, 15) is 0 Å². The molecular weight excluding hydrogens is 253 g/mol. The van der Waals surface area contributed by atoms with Gasteiger partial charge in [0.25, 0.3) is 0 Å². The van der Waals surface area contributed by atoms with Gasteiger partial charge < -0.3 is 5.11 Å². The molecular formula is C7H6Cl3NOS. The predicted molar refractivity (Wildman–Crippen MR) is 58.9 cm³/mol. The Labute approximate surface area is 94.8 Å². The molecule has 0 saturated carbocycles. The Morgan fingerprint density at radius 1 is 1.31 bits per heavy atom. The van der Waals surface area contributed by atoms with Gasteiger partial charge in [-0.15, -0.1) is 11.3 Å².